The van der Waals surface area contributed by atoms with Crippen LogP contribution in [0.2, 0.25) is 5.02 Å². The number of likely N-dealkylation sites (tertiary alicyclic amines) is 1. The molecule has 0 radical (unpaired) electrons. The minimum Gasteiger partial charge on any atom is -0.370 e. The number of allylic oxidation sites excluding steroid dienone is 4. The highest BCUT2D eigenvalue weighted by Gasteiger charge is 2.50. The number of hydrogen-bond donors (Lipinski definition) is 1. The molecule has 2 rings (SSSR count). The summed E-state index contributed by atoms with van der Waals surface area (Å²) in [6, 6.07) is 7.67. The van der Waals surface area contributed by atoms with Gasteiger partial charge in [0.2, 0.25) is 11.8 Å². The number of carbonyl (C=O) groups excluding carboxylic acids is 2. The van der Waals surface area contributed by atoms with Crippen molar-refractivity contribution in [3.8, 4) is 0 Å². The van der Waals surface area contributed by atoms with Crippen molar-refractivity contribution >= 4 is 35.0 Å². The van der Waals surface area contributed by atoms with Crippen molar-refractivity contribution in [1.82, 2.24) is 4.90 Å². The highest BCUT2D eigenvalue weighted by atomic mass is 35.5. The molecule has 170 valence electrons. The van der Waals surface area contributed by atoms with E-state index in [9.17, 15) is 9.59 Å². The standard InChI is InChI=1S/C25H34Cl2N2O2/c1-5-8-19(26)14-11-18-15-25(4,16-22(28)30)24(31)29(21(6-2)7-3)23(18)17-9-12-20(27)13-10-17/h5,8-10,12-14,18,21,23H,6-7,11,15-16H2,1-4H3,(H2,28,30). The average Bonchev–Trinajstić information content (AvgIpc) is 2.71. The number of nitrogens with two attached hydrogens (primary N) is 1. The van der Waals surface area contributed by atoms with Gasteiger partial charge in [-0.3, -0.25) is 9.59 Å². The minimum atomic E-state index is -0.830. The topological polar surface area (TPSA) is 63.4 Å². The SMILES string of the molecule is CC=CC(Cl)=CCC1CC(C)(CC(N)=O)C(=O)N(C(CC)CC)C1c1ccc(Cl)cc1. The maximum atomic E-state index is 13.8. The van der Waals surface area contributed by atoms with Crippen LogP contribution in [0.4, 0.5) is 0 Å². The Bertz CT molecular complexity index is 830. The molecule has 3 unspecified atom stereocenters. The van der Waals surface area contributed by atoms with E-state index in [2.05, 4.69) is 13.8 Å². The number of halogens is 2. The van der Waals surface area contributed by atoms with Crippen LogP contribution in [-0.4, -0.2) is 22.8 Å². The molecule has 1 fully saturated rings. The van der Waals surface area contributed by atoms with E-state index in [-0.39, 0.29) is 30.3 Å². The Kier molecular flexibility index (Phi) is 9.20. The monoisotopic (exact) mass is 464 g/mol. The highest BCUT2D eigenvalue weighted by Crippen LogP contribution is 2.49. The predicted octanol–water partition coefficient (Wildman–Crippen LogP) is 6.39. The van der Waals surface area contributed by atoms with Gasteiger partial charge in [-0.15, -0.1) is 0 Å². The van der Waals surface area contributed by atoms with Crippen LogP contribution in [0.1, 0.15) is 71.4 Å². The first-order valence-electron chi connectivity index (χ1n) is 11.0. The second-order valence-electron chi connectivity index (χ2n) is 8.67. The molecular formula is C25H34Cl2N2O2. The van der Waals surface area contributed by atoms with Gasteiger partial charge in [-0.25, -0.2) is 0 Å². The van der Waals surface area contributed by atoms with Crippen LogP contribution in [-0.2, 0) is 9.59 Å². The molecule has 1 aromatic carbocycles. The van der Waals surface area contributed by atoms with E-state index in [1.165, 1.54) is 0 Å². The Hall–Kier alpha value is -1.78. The maximum absolute atomic E-state index is 13.8. The summed E-state index contributed by atoms with van der Waals surface area (Å²) in [6.45, 7) is 7.99. The van der Waals surface area contributed by atoms with Crippen LogP contribution in [0.25, 0.3) is 0 Å². The van der Waals surface area contributed by atoms with Crippen molar-refractivity contribution in [2.45, 2.75) is 71.9 Å². The molecule has 6 heteroatoms. The Balaban J connectivity index is 2.61. The van der Waals surface area contributed by atoms with Gasteiger partial charge in [0.25, 0.3) is 0 Å². The third-order valence-electron chi connectivity index (χ3n) is 6.26. The van der Waals surface area contributed by atoms with Gasteiger partial charge in [-0.05, 0) is 62.3 Å². The Morgan fingerprint density at radius 3 is 2.42 bits per heavy atom. The molecule has 31 heavy (non-hydrogen) atoms. The van der Waals surface area contributed by atoms with Crippen LogP contribution in [0.5, 0.6) is 0 Å². The first-order chi connectivity index (χ1) is 14.7. The van der Waals surface area contributed by atoms with Crippen molar-refractivity contribution in [2.75, 3.05) is 0 Å². The first kappa shape index (κ1) is 25.5. The number of rotatable bonds is 9. The van der Waals surface area contributed by atoms with Crippen LogP contribution in [0.3, 0.4) is 0 Å². The Morgan fingerprint density at radius 1 is 1.29 bits per heavy atom. The van der Waals surface area contributed by atoms with Crippen molar-refractivity contribution in [3.05, 3.63) is 58.1 Å². The quantitative estimate of drug-likeness (QED) is 0.430. The molecule has 1 aromatic rings. The summed E-state index contributed by atoms with van der Waals surface area (Å²) in [5, 5.41) is 1.33. The van der Waals surface area contributed by atoms with Crippen molar-refractivity contribution in [1.29, 1.82) is 0 Å². The molecule has 1 saturated heterocycles. The van der Waals surface area contributed by atoms with Crippen molar-refractivity contribution in [3.63, 3.8) is 0 Å². The molecule has 1 heterocycles. The van der Waals surface area contributed by atoms with Crippen LogP contribution in [0.15, 0.2) is 47.5 Å². The number of amides is 2. The van der Waals surface area contributed by atoms with E-state index in [0.717, 1.165) is 18.4 Å². The molecule has 4 nitrogen and oxygen atoms in total. The number of carbonyl (C=O) groups is 2. The molecule has 0 aliphatic carbocycles. The van der Waals surface area contributed by atoms with Crippen molar-refractivity contribution < 1.29 is 9.59 Å². The lowest BCUT2D eigenvalue weighted by molar-refractivity contribution is -0.160. The summed E-state index contributed by atoms with van der Waals surface area (Å²) in [5.74, 6) is -0.367. The van der Waals surface area contributed by atoms with Crippen LogP contribution < -0.4 is 5.73 Å². The summed E-state index contributed by atoms with van der Waals surface area (Å²) in [4.78, 5) is 27.7. The van der Waals surface area contributed by atoms with Gasteiger partial charge in [-0.1, -0.05) is 68.3 Å². The molecular weight excluding hydrogens is 431 g/mol. The minimum absolute atomic E-state index is 0.000249. The number of nitrogens with zero attached hydrogens (tertiary/aromatic N) is 1. The Morgan fingerprint density at radius 2 is 1.90 bits per heavy atom. The molecule has 2 N–H and O–H groups in total. The smallest absolute Gasteiger partial charge is 0.229 e. The first-order valence-corrected chi connectivity index (χ1v) is 11.8. The summed E-state index contributed by atoms with van der Waals surface area (Å²) >= 11 is 12.5. The molecule has 3 atom stereocenters. The highest BCUT2D eigenvalue weighted by molar-refractivity contribution is 6.31. The lowest BCUT2D eigenvalue weighted by atomic mass is 9.67. The maximum Gasteiger partial charge on any atom is 0.229 e. The van der Waals surface area contributed by atoms with Gasteiger partial charge < -0.3 is 10.6 Å². The molecule has 0 aromatic heterocycles. The fourth-order valence-electron chi connectivity index (χ4n) is 4.85. The van der Waals surface area contributed by atoms with Crippen LogP contribution >= 0.6 is 23.2 Å². The number of primary amides is 1. The zero-order chi connectivity index (χ0) is 23.2. The van der Waals surface area contributed by atoms with E-state index in [1.54, 1.807) is 0 Å². The molecule has 0 saturated carbocycles. The van der Waals surface area contributed by atoms with E-state index < -0.39 is 11.3 Å². The van der Waals surface area contributed by atoms with Gasteiger partial charge in [0.1, 0.15) is 0 Å². The van der Waals surface area contributed by atoms with E-state index in [4.69, 9.17) is 28.9 Å². The van der Waals surface area contributed by atoms with Gasteiger partial charge in [0.15, 0.2) is 0 Å². The van der Waals surface area contributed by atoms with Crippen LogP contribution in [0, 0.1) is 11.3 Å². The van der Waals surface area contributed by atoms with E-state index >= 15 is 0 Å². The van der Waals surface area contributed by atoms with Gasteiger partial charge in [0.05, 0.1) is 11.5 Å². The Labute approximate surface area is 196 Å². The molecule has 1 aliphatic heterocycles. The van der Waals surface area contributed by atoms with Crippen molar-refractivity contribution in [2.24, 2.45) is 17.1 Å². The largest absolute Gasteiger partial charge is 0.370 e. The van der Waals surface area contributed by atoms with Gasteiger partial charge >= 0.3 is 0 Å². The van der Waals surface area contributed by atoms with Gasteiger partial charge in [0, 0.05) is 22.5 Å². The fraction of sp³-hybridized carbons (Fsp3) is 0.520. The fourth-order valence-corrected chi connectivity index (χ4v) is 5.19. The summed E-state index contributed by atoms with van der Waals surface area (Å²) in [7, 11) is 0. The molecule has 0 spiro atoms. The van der Waals surface area contributed by atoms with E-state index in [1.807, 2.05) is 61.2 Å². The van der Waals surface area contributed by atoms with Gasteiger partial charge in [-0.2, -0.15) is 0 Å². The number of hydrogen-bond acceptors (Lipinski definition) is 2. The lowest BCUT2D eigenvalue weighted by Gasteiger charge is -2.51. The molecule has 1 aliphatic rings. The molecule has 0 bridgehead atoms. The summed E-state index contributed by atoms with van der Waals surface area (Å²) in [5.41, 5.74) is 5.78. The summed E-state index contributed by atoms with van der Waals surface area (Å²) in [6.07, 6.45) is 8.72. The zero-order valence-electron chi connectivity index (χ0n) is 18.9. The average molecular weight is 465 g/mol. The lowest BCUT2D eigenvalue weighted by Crippen LogP contribution is -2.56. The molecule has 2 amide bonds. The van der Waals surface area contributed by atoms with E-state index in [0.29, 0.717) is 22.9 Å². The number of piperidine rings is 1. The zero-order valence-corrected chi connectivity index (χ0v) is 20.4. The third kappa shape index (κ3) is 6.14. The summed E-state index contributed by atoms with van der Waals surface area (Å²) < 4.78 is 0. The predicted molar refractivity (Wildman–Crippen MR) is 129 cm³/mol. The normalized spacial score (nSPS) is 24.9. The second-order valence-corrected chi connectivity index (χ2v) is 9.54. The third-order valence-corrected chi connectivity index (χ3v) is 6.80. The second kappa shape index (κ2) is 11.2. The number of benzene rings is 1.